The van der Waals surface area contributed by atoms with Gasteiger partial charge in [0.15, 0.2) is 5.78 Å². The summed E-state index contributed by atoms with van der Waals surface area (Å²) in [5, 5.41) is 13.6. The van der Waals surface area contributed by atoms with Gasteiger partial charge in [-0.25, -0.2) is 4.89 Å². The van der Waals surface area contributed by atoms with Crippen LogP contribution in [0, 0.1) is 0 Å². The van der Waals surface area contributed by atoms with E-state index in [1.54, 1.807) is 6.07 Å². The molecule has 0 saturated heterocycles. The van der Waals surface area contributed by atoms with E-state index in [0.717, 1.165) is 27.1 Å². The number of hydrogen-bond acceptors (Lipinski definition) is 3. The minimum atomic E-state index is -0.682. The first-order valence-electron chi connectivity index (χ1n) is 8.18. The Labute approximate surface area is 144 Å². The van der Waals surface area contributed by atoms with Crippen molar-refractivity contribution in [2.75, 3.05) is 0 Å². The molecule has 3 heteroatoms. The average Bonchev–Trinajstić information content (AvgIpc) is 2.68. The fourth-order valence-electron chi connectivity index (χ4n) is 4.02. The minimum Gasteiger partial charge on any atom is -0.289 e. The Morgan fingerprint density at radius 2 is 1.28 bits per heavy atom. The summed E-state index contributed by atoms with van der Waals surface area (Å²) in [6.07, 6.45) is -0.682. The molecule has 1 aliphatic rings. The van der Waals surface area contributed by atoms with Gasteiger partial charge in [0.05, 0.1) is 0 Å². The Morgan fingerprint density at radius 3 is 2.00 bits per heavy atom. The number of rotatable bonds is 1. The molecule has 1 unspecified atom stereocenters. The Morgan fingerprint density at radius 1 is 0.720 bits per heavy atom. The second-order valence-electron chi connectivity index (χ2n) is 6.28. The summed E-state index contributed by atoms with van der Waals surface area (Å²) < 4.78 is 0. The molecule has 120 valence electrons. The van der Waals surface area contributed by atoms with Crippen LogP contribution in [0.4, 0.5) is 0 Å². The first-order chi connectivity index (χ1) is 12.3. The predicted octanol–water partition coefficient (Wildman–Crippen LogP) is 5.12. The zero-order valence-electron chi connectivity index (χ0n) is 13.3. The van der Waals surface area contributed by atoms with E-state index in [0.29, 0.717) is 16.7 Å². The molecular weight excluding hydrogens is 312 g/mol. The summed E-state index contributed by atoms with van der Waals surface area (Å²) in [6, 6.07) is 23.1. The second-order valence-corrected chi connectivity index (χ2v) is 6.28. The molecule has 4 aromatic carbocycles. The van der Waals surface area contributed by atoms with Crippen LogP contribution in [-0.2, 0) is 4.89 Å². The van der Waals surface area contributed by atoms with Gasteiger partial charge in [0, 0.05) is 16.7 Å². The van der Waals surface area contributed by atoms with Gasteiger partial charge in [0.2, 0.25) is 0 Å². The molecular formula is C22H14O3. The molecule has 0 spiro atoms. The maximum atomic E-state index is 13.3. The lowest BCUT2D eigenvalue weighted by molar-refractivity contribution is -0.270. The molecule has 1 atom stereocenters. The van der Waals surface area contributed by atoms with Crippen LogP contribution in [0.15, 0.2) is 72.8 Å². The van der Waals surface area contributed by atoms with E-state index >= 15 is 0 Å². The molecule has 3 nitrogen and oxygen atoms in total. The molecule has 0 aliphatic heterocycles. The van der Waals surface area contributed by atoms with Crippen LogP contribution >= 0.6 is 0 Å². The van der Waals surface area contributed by atoms with Gasteiger partial charge in [-0.1, -0.05) is 72.8 Å². The van der Waals surface area contributed by atoms with Crippen molar-refractivity contribution in [2.24, 2.45) is 0 Å². The number of hydrogen-bond donors (Lipinski definition) is 1. The lowest BCUT2D eigenvalue weighted by Crippen LogP contribution is -2.21. The zero-order valence-corrected chi connectivity index (χ0v) is 13.3. The van der Waals surface area contributed by atoms with Crippen LogP contribution in [0.5, 0.6) is 0 Å². The Hall–Kier alpha value is -3.01. The molecule has 1 aliphatic carbocycles. The molecule has 25 heavy (non-hydrogen) atoms. The van der Waals surface area contributed by atoms with Crippen LogP contribution in [0.1, 0.15) is 33.2 Å². The van der Waals surface area contributed by atoms with E-state index in [1.165, 1.54) is 0 Å². The number of carbonyl (C=O) groups excluding carboxylic acids is 1. The molecule has 0 bridgehead atoms. The first-order valence-corrected chi connectivity index (χ1v) is 8.18. The van der Waals surface area contributed by atoms with Gasteiger partial charge in [-0.2, -0.15) is 0 Å². The highest BCUT2D eigenvalue weighted by Crippen LogP contribution is 2.44. The van der Waals surface area contributed by atoms with Crippen molar-refractivity contribution >= 4 is 27.3 Å². The number of ketones is 1. The molecule has 0 heterocycles. The second kappa shape index (κ2) is 5.24. The molecule has 0 saturated carbocycles. The average molecular weight is 326 g/mol. The minimum absolute atomic E-state index is 0.0270. The zero-order chi connectivity index (χ0) is 17.0. The number of carbonyl (C=O) groups is 1. The molecule has 0 fully saturated rings. The van der Waals surface area contributed by atoms with Crippen LogP contribution in [0.3, 0.4) is 0 Å². The van der Waals surface area contributed by atoms with Crippen molar-refractivity contribution in [3.8, 4) is 0 Å². The van der Waals surface area contributed by atoms with E-state index in [1.807, 2.05) is 66.7 Å². The largest absolute Gasteiger partial charge is 0.289 e. The van der Waals surface area contributed by atoms with Crippen LogP contribution < -0.4 is 0 Å². The highest BCUT2D eigenvalue weighted by molar-refractivity contribution is 6.25. The summed E-state index contributed by atoms with van der Waals surface area (Å²) in [5.41, 5.74) is 2.63. The van der Waals surface area contributed by atoms with Gasteiger partial charge < -0.3 is 0 Å². The molecule has 0 radical (unpaired) electrons. The third-order valence-corrected chi connectivity index (χ3v) is 5.06. The molecule has 0 aromatic heterocycles. The summed E-state index contributed by atoms with van der Waals surface area (Å²) >= 11 is 0. The van der Waals surface area contributed by atoms with E-state index in [2.05, 4.69) is 0 Å². The molecule has 1 N–H and O–H groups in total. The Bertz CT molecular complexity index is 1160. The van der Waals surface area contributed by atoms with Crippen molar-refractivity contribution in [1.82, 2.24) is 0 Å². The van der Waals surface area contributed by atoms with Gasteiger partial charge in [-0.15, -0.1) is 0 Å². The van der Waals surface area contributed by atoms with Gasteiger partial charge >= 0.3 is 0 Å². The fourth-order valence-corrected chi connectivity index (χ4v) is 4.02. The lowest BCUT2D eigenvalue weighted by atomic mass is 9.78. The molecule has 4 aromatic rings. The summed E-state index contributed by atoms with van der Waals surface area (Å²) in [7, 11) is 0. The Balaban J connectivity index is 2.04. The van der Waals surface area contributed by atoms with E-state index in [-0.39, 0.29) is 5.78 Å². The van der Waals surface area contributed by atoms with Crippen molar-refractivity contribution < 1.29 is 14.9 Å². The lowest BCUT2D eigenvalue weighted by Gasteiger charge is -2.28. The maximum absolute atomic E-state index is 13.3. The highest BCUT2D eigenvalue weighted by atomic mass is 17.1. The van der Waals surface area contributed by atoms with E-state index < -0.39 is 6.10 Å². The Kier molecular flexibility index (Phi) is 3.01. The highest BCUT2D eigenvalue weighted by Gasteiger charge is 2.35. The van der Waals surface area contributed by atoms with Gasteiger partial charge in [0.1, 0.15) is 6.10 Å². The van der Waals surface area contributed by atoms with Crippen molar-refractivity contribution in [1.29, 1.82) is 0 Å². The van der Waals surface area contributed by atoms with Crippen LogP contribution in [0.25, 0.3) is 21.5 Å². The van der Waals surface area contributed by atoms with Gasteiger partial charge in [0.25, 0.3) is 0 Å². The van der Waals surface area contributed by atoms with Gasteiger partial charge in [-0.3, -0.25) is 10.1 Å². The SMILES string of the molecule is O=C1c2ccccc2C(OO)c2c1c1ccccc1c1ccccc21. The smallest absolute Gasteiger partial charge is 0.194 e. The number of fused-ring (bicyclic) bond motifs is 7. The number of benzene rings is 4. The monoisotopic (exact) mass is 326 g/mol. The summed E-state index contributed by atoms with van der Waals surface area (Å²) in [4.78, 5) is 18.2. The topological polar surface area (TPSA) is 46.5 Å². The third-order valence-electron chi connectivity index (χ3n) is 5.06. The van der Waals surface area contributed by atoms with Crippen molar-refractivity contribution in [3.63, 3.8) is 0 Å². The molecule has 0 amide bonds. The summed E-state index contributed by atoms with van der Waals surface area (Å²) in [6.45, 7) is 0. The van der Waals surface area contributed by atoms with Crippen molar-refractivity contribution in [2.45, 2.75) is 6.10 Å². The first kappa shape index (κ1) is 14.3. The quantitative estimate of drug-likeness (QED) is 0.300. The normalized spacial score (nSPS) is 16.0. The van der Waals surface area contributed by atoms with Crippen molar-refractivity contribution in [3.05, 3.63) is 95.1 Å². The van der Waals surface area contributed by atoms with Crippen LogP contribution in [-0.4, -0.2) is 11.0 Å². The standard InChI is InChI=1S/C22H14O3/c23-21-17-11-5-6-12-18(17)22(25-24)20-16-10-4-2-8-14(16)13-7-1-3-9-15(13)19(20)21/h1-12,22,24H. The van der Waals surface area contributed by atoms with Crippen LogP contribution in [0.2, 0.25) is 0 Å². The fraction of sp³-hybridized carbons (Fsp3) is 0.0455. The predicted molar refractivity (Wildman–Crippen MR) is 96.9 cm³/mol. The molecule has 5 rings (SSSR count). The van der Waals surface area contributed by atoms with E-state index in [4.69, 9.17) is 4.89 Å². The third kappa shape index (κ3) is 1.85. The summed E-state index contributed by atoms with van der Waals surface area (Å²) in [5.74, 6) is -0.0270. The maximum Gasteiger partial charge on any atom is 0.194 e. The van der Waals surface area contributed by atoms with E-state index in [9.17, 15) is 10.1 Å². The van der Waals surface area contributed by atoms with Gasteiger partial charge in [-0.05, 0) is 27.1 Å².